The number of hydrogen-bond donors (Lipinski definition) is 1. The molecule has 0 bridgehead atoms. The van der Waals surface area contributed by atoms with Gasteiger partial charge in [-0.2, -0.15) is 0 Å². The van der Waals surface area contributed by atoms with Crippen LogP contribution in [0.2, 0.25) is 0 Å². The molecule has 1 aliphatic rings. The van der Waals surface area contributed by atoms with Crippen LogP contribution in [0.5, 0.6) is 0 Å². The molecule has 0 saturated carbocycles. The van der Waals surface area contributed by atoms with Crippen molar-refractivity contribution in [1.29, 1.82) is 0 Å². The molecule has 1 aliphatic heterocycles. The number of nitrogens with zero attached hydrogens (tertiary/aromatic N) is 3. The molecule has 108 valence electrons. The largest absolute Gasteiger partial charge is 0.366 e. The van der Waals surface area contributed by atoms with Gasteiger partial charge in [0.25, 0.3) is 0 Å². The van der Waals surface area contributed by atoms with E-state index < -0.39 is 10.0 Å². The number of hydrogen-bond acceptors (Lipinski definition) is 5. The van der Waals surface area contributed by atoms with E-state index in [0.29, 0.717) is 13.1 Å². The van der Waals surface area contributed by atoms with Gasteiger partial charge < -0.3 is 5.32 Å². The monoisotopic (exact) mass is 286 g/mol. The van der Waals surface area contributed by atoms with Crippen LogP contribution >= 0.6 is 0 Å². The average Bonchev–Trinajstić information content (AvgIpc) is 2.80. The molecule has 0 aromatic carbocycles. The van der Waals surface area contributed by atoms with Crippen LogP contribution < -0.4 is 5.32 Å². The van der Waals surface area contributed by atoms with Gasteiger partial charge in [-0.3, -0.25) is 0 Å². The van der Waals surface area contributed by atoms with Gasteiger partial charge in [0.1, 0.15) is 12.1 Å². The summed E-state index contributed by atoms with van der Waals surface area (Å²) in [6.45, 7) is 6.97. The van der Waals surface area contributed by atoms with E-state index in [9.17, 15) is 8.42 Å². The number of rotatable bonds is 3. The summed E-state index contributed by atoms with van der Waals surface area (Å²) in [5.41, 5.74) is 0.889. The Bertz CT molecular complexity index is 504. The van der Waals surface area contributed by atoms with Gasteiger partial charge in [0, 0.05) is 30.9 Å². The zero-order valence-corrected chi connectivity index (χ0v) is 12.7. The molecule has 0 aliphatic carbocycles. The van der Waals surface area contributed by atoms with E-state index in [-0.39, 0.29) is 6.04 Å². The van der Waals surface area contributed by atoms with E-state index in [0.717, 1.165) is 17.9 Å². The van der Waals surface area contributed by atoms with E-state index in [1.807, 2.05) is 26.8 Å². The Morgan fingerprint density at radius 2 is 2.05 bits per heavy atom. The molecular weight excluding hydrogens is 264 g/mol. The molecule has 1 atom stereocenters. The van der Waals surface area contributed by atoms with E-state index >= 15 is 0 Å². The molecule has 1 N–H and O–H groups in total. The molecule has 19 heavy (non-hydrogen) atoms. The summed E-state index contributed by atoms with van der Waals surface area (Å²) in [4.78, 5) is 8.11. The first-order valence-electron chi connectivity index (χ1n) is 6.45. The summed E-state index contributed by atoms with van der Waals surface area (Å²) in [7, 11) is -3.08. The Balaban J connectivity index is 0.000000861. The van der Waals surface area contributed by atoms with Crippen molar-refractivity contribution in [1.82, 2.24) is 14.3 Å². The first kappa shape index (κ1) is 15.8. The Kier molecular flexibility index (Phi) is 5.68. The van der Waals surface area contributed by atoms with Crippen LogP contribution in [0.1, 0.15) is 26.0 Å². The average molecular weight is 286 g/mol. The fourth-order valence-electron chi connectivity index (χ4n) is 1.89. The van der Waals surface area contributed by atoms with Crippen LogP contribution in [0.15, 0.2) is 12.4 Å². The zero-order chi connectivity index (χ0) is 14.5. The second-order valence-electron chi connectivity index (χ2n) is 4.30. The summed E-state index contributed by atoms with van der Waals surface area (Å²) in [6, 6.07) is 1.97. The van der Waals surface area contributed by atoms with E-state index in [1.54, 1.807) is 0 Å². The van der Waals surface area contributed by atoms with Crippen molar-refractivity contribution in [2.45, 2.75) is 33.2 Å². The maximum Gasteiger partial charge on any atom is 0.211 e. The molecular formula is C12H22N4O2S. The fourth-order valence-corrected chi connectivity index (χ4v) is 2.78. The Morgan fingerprint density at radius 3 is 2.58 bits per heavy atom. The lowest BCUT2D eigenvalue weighted by molar-refractivity contribution is 0.480. The lowest BCUT2D eigenvalue weighted by Crippen LogP contribution is -2.30. The lowest BCUT2D eigenvalue weighted by atomic mass is 10.2. The summed E-state index contributed by atoms with van der Waals surface area (Å²) >= 11 is 0. The number of aryl methyl sites for hydroxylation is 1. The molecule has 2 heterocycles. The zero-order valence-electron chi connectivity index (χ0n) is 11.9. The molecule has 1 fully saturated rings. The minimum absolute atomic E-state index is 0.124. The van der Waals surface area contributed by atoms with Crippen molar-refractivity contribution in [3.8, 4) is 0 Å². The molecule has 0 amide bonds. The number of sulfonamides is 1. The maximum atomic E-state index is 11.4. The van der Waals surface area contributed by atoms with E-state index in [2.05, 4.69) is 15.3 Å². The Hall–Kier alpha value is -1.21. The van der Waals surface area contributed by atoms with Crippen LogP contribution in [-0.2, 0) is 10.0 Å². The Morgan fingerprint density at radius 1 is 1.37 bits per heavy atom. The first-order valence-corrected chi connectivity index (χ1v) is 8.30. The quantitative estimate of drug-likeness (QED) is 0.905. The minimum atomic E-state index is -3.08. The van der Waals surface area contributed by atoms with E-state index in [4.69, 9.17) is 0 Å². The van der Waals surface area contributed by atoms with Crippen LogP contribution in [0.25, 0.3) is 0 Å². The molecule has 1 saturated heterocycles. The molecule has 0 spiro atoms. The summed E-state index contributed by atoms with van der Waals surface area (Å²) in [5, 5.41) is 3.23. The molecule has 1 aromatic heterocycles. The smallest absolute Gasteiger partial charge is 0.211 e. The number of anilines is 1. The third-order valence-corrected chi connectivity index (χ3v) is 4.05. The number of aromatic nitrogens is 2. The van der Waals surface area contributed by atoms with Crippen molar-refractivity contribution in [2.24, 2.45) is 0 Å². The normalized spacial score (nSPS) is 19.7. The van der Waals surface area contributed by atoms with Gasteiger partial charge in [0.2, 0.25) is 10.0 Å². The van der Waals surface area contributed by atoms with Crippen molar-refractivity contribution in [3.63, 3.8) is 0 Å². The highest BCUT2D eigenvalue weighted by molar-refractivity contribution is 7.88. The van der Waals surface area contributed by atoms with Gasteiger partial charge in [-0.25, -0.2) is 22.7 Å². The van der Waals surface area contributed by atoms with Crippen molar-refractivity contribution in [2.75, 3.05) is 24.7 Å². The predicted molar refractivity (Wildman–Crippen MR) is 76.6 cm³/mol. The molecule has 0 radical (unpaired) electrons. The molecule has 2 rings (SSSR count). The van der Waals surface area contributed by atoms with Gasteiger partial charge >= 0.3 is 0 Å². The van der Waals surface area contributed by atoms with Crippen LogP contribution in [-0.4, -0.2) is 48.1 Å². The maximum absolute atomic E-state index is 11.4. The second kappa shape index (κ2) is 6.81. The highest BCUT2D eigenvalue weighted by Gasteiger charge is 2.28. The molecule has 6 nitrogen and oxygen atoms in total. The lowest BCUT2D eigenvalue weighted by Gasteiger charge is -2.15. The molecule has 1 unspecified atom stereocenters. The SMILES string of the molecule is CC.Cc1cc(NC2CCN(S(C)(=O)=O)C2)ncn1. The standard InChI is InChI=1S/C10H16N4O2S.C2H6/c1-8-5-10(12-7-11-8)13-9-3-4-14(6-9)17(2,15)16;1-2/h5,7,9H,3-4,6H2,1-2H3,(H,11,12,13);1-2H3. The van der Waals surface area contributed by atoms with Crippen molar-refractivity contribution < 1.29 is 8.42 Å². The summed E-state index contributed by atoms with van der Waals surface area (Å²) in [6.07, 6.45) is 3.54. The Labute approximate surface area is 115 Å². The van der Waals surface area contributed by atoms with Gasteiger partial charge in [-0.1, -0.05) is 13.8 Å². The van der Waals surface area contributed by atoms with E-state index in [1.165, 1.54) is 16.9 Å². The second-order valence-corrected chi connectivity index (χ2v) is 6.28. The summed E-state index contributed by atoms with van der Waals surface area (Å²) < 4.78 is 24.2. The highest BCUT2D eigenvalue weighted by Crippen LogP contribution is 2.16. The third-order valence-electron chi connectivity index (χ3n) is 2.78. The van der Waals surface area contributed by atoms with Gasteiger partial charge in [0.15, 0.2) is 0 Å². The topological polar surface area (TPSA) is 75.2 Å². The van der Waals surface area contributed by atoms with Crippen molar-refractivity contribution >= 4 is 15.8 Å². The molecule has 1 aromatic rings. The third kappa shape index (κ3) is 4.76. The first-order chi connectivity index (χ1) is 8.95. The van der Waals surface area contributed by atoms with Crippen molar-refractivity contribution in [3.05, 3.63) is 18.1 Å². The van der Waals surface area contributed by atoms with Crippen LogP contribution in [0.3, 0.4) is 0 Å². The fraction of sp³-hybridized carbons (Fsp3) is 0.667. The van der Waals surface area contributed by atoms with Crippen LogP contribution in [0.4, 0.5) is 5.82 Å². The molecule has 7 heteroatoms. The predicted octanol–water partition coefficient (Wildman–Crippen LogP) is 1.26. The highest BCUT2D eigenvalue weighted by atomic mass is 32.2. The minimum Gasteiger partial charge on any atom is -0.366 e. The van der Waals surface area contributed by atoms with Gasteiger partial charge in [-0.05, 0) is 13.3 Å². The van der Waals surface area contributed by atoms with Crippen LogP contribution in [0, 0.1) is 6.92 Å². The summed E-state index contributed by atoms with van der Waals surface area (Å²) in [5.74, 6) is 0.748. The van der Waals surface area contributed by atoms with Gasteiger partial charge in [0.05, 0.1) is 6.26 Å². The van der Waals surface area contributed by atoms with Gasteiger partial charge in [-0.15, -0.1) is 0 Å². The number of nitrogens with one attached hydrogen (secondary N) is 1.